The van der Waals surface area contributed by atoms with Gasteiger partial charge in [0.05, 0.1) is 6.42 Å². The number of carbonyl (C=O) groups is 3. The average Bonchev–Trinajstić information content (AvgIpc) is 2.37. The first-order valence-corrected chi connectivity index (χ1v) is 7.66. The molecule has 0 aliphatic carbocycles. The summed E-state index contributed by atoms with van der Waals surface area (Å²) < 4.78 is 9.70. The van der Waals surface area contributed by atoms with Gasteiger partial charge in [0, 0.05) is 19.4 Å². The van der Waals surface area contributed by atoms with E-state index >= 15 is 0 Å². The number of rotatable bonds is 10. The Labute approximate surface area is 131 Å². The van der Waals surface area contributed by atoms with Crippen LogP contribution in [0.4, 0.5) is 4.79 Å². The Balaban J connectivity index is 4.41. The lowest BCUT2D eigenvalue weighted by molar-refractivity contribution is -0.164. The number of aliphatic carboxylic acids is 1. The SMILES string of the molecule is CCC[C@@H](C)C[C@@H](CC(=O)O)NC(=O)O[C@@H](C)OC(=O)CC. The summed E-state index contributed by atoms with van der Waals surface area (Å²) >= 11 is 0. The van der Waals surface area contributed by atoms with Gasteiger partial charge in [0.15, 0.2) is 0 Å². The predicted octanol–water partition coefficient (Wildman–Crippen LogP) is 2.68. The largest absolute Gasteiger partial charge is 0.481 e. The molecule has 0 unspecified atom stereocenters. The molecule has 3 atom stereocenters. The number of ether oxygens (including phenoxy) is 2. The molecule has 22 heavy (non-hydrogen) atoms. The van der Waals surface area contributed by atoms with E-state index in [1.807, 2.05) is 13.8 Å². The zero-order chi connectivity index (χ0) is 17.1. The minimum Gasteiger partial charge on any atom is -0.481 e. The Bertz CT molecular complexity index is 371. The van der Waals surface area contributed by atoms with E-state index in [1.54, 1.807) is 6.92 Å². The van der Waals surface area contributed by atoms with Crippen molar-refractivity contribution in [1.29, 1.82) is 0 Å². The molecule has 0 bridgehead atoms. The quantitative estimate of drug-likeness (QED) is 0.474. The van der Waals surface area contributed by atoms with E-state index in [2.05, 4.69) is 5.32 Å². The topological polar surface area (TPSA) is 102 Å². The van der Waals surface area contributed by atoms with Gasteiger partial charge >= 0.3 is 18.0 Å². The molecule has 128 valence electrons. The summed E-state index contributed by atoms with van der Waals surface area (Å²) in [6.45, 7) is 7.12. The molecule has 0 fully saturated rings. The predicted molar refractivity (Wildman–Crippen MR) is 80.2 cm³/mol. The van der Waals surface area contributed by atoms with Gasteiger partial charge in [-0.3, -0.25) is 9.59 Å². The lowest BCUT2D eigenvalue weighted by Crippen LogP contribution is -2.39. The maximum absolute atomic E-state index is 11.7. The molecule has 0 aromatic rings. The van der Waals surface area contributed by atoms with Gasteiger partial charge in [0.25, 0.3) is 0 Å². The highest BCUT2D eigenvalue weighted by Crippen LogP contribution is 2.15. The van der Waals surface area contributed by atoms with Crippen LogP contribution in [0.25, 0.3) is 0 Å². The van der Waals surface area contributed by atoms with Crippen LogP contribution in [0.3, 0.4) is 0 Å². The second-order valence-corrected chi connectivity index (χ2v) is 5.39. The summed E-state index contributed by atoms with van der Waals surface area (Å²) in [6.07, 6.45) is 0.723. The minimum atomic E-state index is -1.01. The third kappa shape index (κ3) is 10.0. The van der Waals surface area contributed by atoms with Crippen LogP contribution in [0.15, 0.2) is 0 Å². The van der Waals surface area contributed by atoms with Crippen molar-refractivity contribution in [1.82, 2.24) is 5.32 Å². The summed E-state index contributed by atoms with van der Waals surface area (Å²) in [5.74, 6) is -1.16. The first-order valence-electron chi connectivity index (χ1n) is 7.66. The van der Waals surface area contributed by atoms with Crippen molar-refractivity contribution in [3.05, 3.63) is 0 Å². The zero-order valence-electron chi connectivity index (χ0n) is 13.8. The van der Waals surface area contributed by atoms with Gasteiger partial charge in [-0.05, 0) is 12.3 Å². The summed E-state index contributed by atoms with van der Waals surface area (Å²) in [5, 5.41) is 11.4. The Hall–Kier alpha value is -1.79. The van der Waals surface area contributed by atoms with Gasteiger partial charge in [-0.15, -0.1) is 0 Å². The van der Waals surface area contributed by atoms with Crippen LogP contribution >= 0.6 is 0 Å². The van der Waals surface area contributed by atoms with E-state index in [4.69, 9.17) is 14.6 Å². The second kappa shape index (κ2) is 10.9. The van der Waals surface area contributed by atoms with E-state index < -0.39 is 30.4 Å². The number of hydrogen-bond acceptors (Lipinski definition) is 5. The van der Waals surface area contributed by atoms with Crippen molar-refractivity contribution >= 4 is 18.0 Å². The molecule has 7 nitrogen and oxygen atoms in total. The van der Waals surface area contributed by atoms with Gasteiger partial charge in [0.2, 0.25) is 6.29 Å². The van der Waals surface area contributed by atoms with Crippen LogP contribution in [0.1, 0.15) is 59.8 Å². The minimum absolute atomic E-state index is 0.174. The smallest absolute Gasteiger partial charge is 0.410 e. The number of nitrogens with one attached hydrogen (secondary N) is 1. The summed E-state index contributed by atoms with van der Waals surface area (Å²) in [4.78, 5) is 33.7. The van der Waals surface area contributed by atoms with E-state index in [0.29, 0.717) is 12.3 Å². The molecule has 7 heteroatoms. The van der Waals surface area contributed by atoms with E-state index in [1.165, 1.54) is 6.92 Å². The van der Waals surface area contributed by atoms with Crippen molar-refractivity contribution in [2.24, 2.45) is 5.92 Å². The fourth-order valence-electron chi connectivity index (χ4n) is 2.14. The summed E-state index contributed by atoms with van der Waals surface area (Å²) in [7, 11) is 0. The summed E-state index contributed by atoms with van der Waals surface area (Å²) in [5.41, 5.74) is 0. The number of esters is 1. The van der Waals surface area contributed by atoms with Crippen LogP contribution in [-0.2, 0) is 19.1 Å². The maximum Gasteiger partial charge on any atom is 0.410 e. The molecule has 1 amide bonds. The highest BCUT2D eigenvalue weighted by Gasteiger charge is 2.21. The summed E-state index contributed by atoms with van der Waals surface area (Å²) in [6, 6.07) is -0.513. The number of carbonyl (C=O) groups excluding carboxylic acids is 2. The second-order valence-electron chi connectivity index (χ2n) is 5.39. The lowest BCUT2D eigenvalue weighted by Gasteiger charge is -2.21. The highest BCUT2D eigenvalue weighted by atomic mass is 16.7. The maximum atomic E-state index is 11.7. The van der Waals surface area contributed by atoms with Crippen molar-refractivity contribution < 1.29 is 29.0 Å². The Morgan fingerprint density at radius 2 is 1.77 bits per heavy atom. The number of alkyl carbamates (subject to hydrolysis) is 1. The van der Waals surface area contributed by atoms with Crippen molar-refractivity contribution in [2.45, 2.75) is 72.1 Å². The first-order chi connectivity index (χ1) is 10.3. The zero-order valence-corrected chi connectivity index (χ0v) is 13.8. The molecule has 2 N–H and O–H groups in total. The Kier molecular flexibility index (Phi) is 9.98. The molecular formula is C15H27NO6. The molecule has 0 spiro atoms. The fraction of sp³-hybridized carbons (Fsp3) is 0.800. The average molecular weight is 317 g/mol. The molecule has 0 rings (SSSR count). The van der Waals surface area contributed by atoms with E-state index in [-0.39, 0.29) is 12.8 Å². The number of hydrogen-bond donors (Lipinski definition) is 2. The third-order valence-electron chi connectivity index (χ3n) is 3.07. The van der Waals surface area contributed by atoms with Crippen LogP contribution in [0, 0.1) is 5.92 Å². The van der Waals surface area contributed by atoms with Gasteiger partial charge in [-0.25, -0.2) is 4.79 Å². The molecule has 0 saturated carbocycles. The van der Waals surface area contributed by atoms with Crippen LogP contribution < -0.4 is 5.32 Å². The lowest BCUT2D eigenvalue weighted by atomic mass is 9.95. The number of carboxylic acid groups (broad SMARTS) is 1. The monoisotopic (exact) mass is 317 g/mol. The Morgan fingerprint density at radius 3 is 2.27 bits per heavy atom. The molecule has 0 heterocycles. The highest BCUT2D eigenvalue weighted by molar-refractivity contribution is 5.72. The van der Waals surface area contributed by atoms with Crippen molar-refractivity contribution in [3.8, 4) is 0 Å². The van der Waals surface area contributed by atoms with Gasteiger partial charge < -0.3 is 19.9 Å². The molecule has 0 aliphatic rings. The molecular weight excluding hydrogens is 290 g/mol. The van der Waals surface area contributed by atoms with Gasteiger partial charge in [0.1, 0.15) is 0 Å². The van der Waals surface area contributed by atoms with Gasteiger partial charge in [-0.2, -0.15) is 0 Å². The molecule has 0 radical (unpaired) electrons. The molecule has 0 aromatic heterocycles. The van der Waals surface area contributed by atoms with Crippen molar-refractivity contribution in [3.63, 3.8) is 0 Å². The van der Waals surface area contributed by atoms with E-state index in [9.17, 15) is 14.4 Å². The molecule has 0 saturated heterocycles. The standard InChI is InChI=1S/C15H27NO6/c1-5-7-10(3)8-12(9-13(17)18)16-15(20)22-11(4)21-14(19)6-2/h10-12H,5-9H2,1-4H3,(H,16,20)(H,17,18)/t10-,11+,12+/m1/s1. The van der Waals surface area contributed by atoms with Crippen LogP contribution in [0.2, 0.25) is 0 Å². The molecule has 0 aliphatic heterocycles. The van der Waals surface area contributed by atoms with E-state index in [0.717, 1.165) is 12.8 Å². The number of amides is 1. The van der Waals surface area contributed by atoms with Gasteiger partial charge in [-0.1, -0.05) is 33.6 Å². The Morgan fingerprint density at radius 1 is 1.14 bits per heavy atom. The normalized spacial score (nSPS) is 14.5. The number of carboxylic acids is 1. The van der Waals surface area contributed by atoms with Crippen LogP contribution in [-0.4, -0.2) is 35.5 Å². The van der Waals surface area contributed by atoms with Crippen LogP contribution in [0.5, 0.6) is 0 Å². The fourth-order valence-corrected chi connectivity index (χ4v) is 2.14. The first kappa shape index (κ1) is 20.2. The molecule has 0 aromatic carbocycles. The van der Waals surface area contributed by atoms with Crippen molar-refractivity contribution in [2.75, 3.05) is 0 Å². The third-order valence-corrected chi connectivity index (χ3v) is 3.07.